The molecule has 0 unspecified atom stereocenters. The first kappa shape index (κ1) is 22.9. The average Bonchev–Trinajstić information content (AvgIpc) is 2.83. The van der Waals surface area contributed by atoms with Crippen LogP contribution < -0.4 is 20.7 Å². The van der Waals surface area contributed by atoms with E-state index in [9.17, 15) is 0 Å². The molecular weight excluding hydrogens is 422 g/mol. The number of benzene rings is 3. The first-order valence-electron chi connectivity index (χ1n) is 11.1. The standard InChI is InChI=1S/C28H29N5O/c1-5-28(3,4)33-23-11-9-10-22(18-23)31-27-29-19-20(2)26(32-27)30-21-14-16-25(17-15-21)34-24-12-7-6-8-13-24/h5-19,33H,1H2,2-4H3,(H2,29,30,31,32). The molecule has 0 atom stereocenters. The van der Waals surface area contributed by atoms with Gasteiger partial charge in [-0.1, -0.05) is 30.3 Å². The highest BCUT2D eigenvalue weighted by molar-refractivity contribution is 5.65. The van der Waals surface area contributed by atoms with Gasteiger partial charge in [0.05, 0.1) is 0 Å². The highest BCUT2D eigenvalue weighted by Crippen LogP contribution is 2.26. The molecule has 6 nitrogen and oxygen atoms in total. The lowest BCUT2D eigenvalue weighted by Crippen LogP contribution is -2.27. The molecule has 0 spiro atoms. The van der Waals surface area contributed by atoms with Crippen LogP contribution in [0, 0.1) is 6.92 Å². The van der Waals surface area contributed by atoms with E-state index >= 15 is 0 Å². The predicted molar refractivity (Wildman–Crippen MR) is 141 cm³/mol. The molecule has 172 valence electrons. The zero-order valence-electron chi connectivity index (χ0n) is 19.7. The Labute approximate surface area is 200 Å². The van der Waals surface area contributed by atoms with Crippen LogP contribution in [0.3, 0.4) is 0 Å². The van der Waals surface area contributed by atoms with Crippen molar-refractivity contribution < 1.29 is 4.74 Å². The molecular formula is C28H29N5O. The molecule has 1 aromatic heterocycles. The lowest BCUT2D eigenvalue weighted by atomic mass is 10.1. The number of nitrogens with one attached hydrogen (secondary N) is 3. The van der Waals surface area contributed by atoms with Crippen molar-refractivity contribution in [2.24, 2.45) is 0 Å². The third-order valence-electron chi connectivity index (χ3n) is 5.16. The van der Waals surface area contributed by atoms with Crippen LogP contribution in [0.5, 0.6) is 11.5 Å². The predicted octanol–water partition coefficient (Wildman–Crippen LogP) is 7.44. The van der Waals surface area contributed by atoms with Gasteiger partial charge in [-0.3, -0.25) is 0 Å². The number of ether oxygens (including phenoxy) is 1. The molecule has 0 saturated carbocycles. The van der Waals surface area contributed by atoms with Gasteiger partial charge in [0, 0.05) is 34.4 Å². The van der Waals surface area contributed by atoms with Crippen molar-refractivity contribution >= 4 is 28.8 Å². The normalized spacial score (nSPS) is 10.9. The minimum atomic E-state index is -0.211. The Morgan fingerprint density at radius 1 is 0.824 bits per heavy atom. The maximum atomic E-state index is 5.87. The van der Waals surface area contributed by atoms with Crippen LogP contribution in [-0.4, -0.2) is 15.5 Å². The number of anilines is 5. The Balaban J connectivity index is 1.45. The maximum Gasteiger partial charge on any atom is 0.229 e. The third-order valence-corrected chi connectivity index (χ3v) is 5.16. The summed E-state index contributed by atoms with van der Waals surface area (Å²) in [5, 5.41) is 10.1. The van der Waals surface area contributed by atoms with Crippen molar-refractivity contribution in [1.29, 1.82) is 0 Å². The van der Waals surface area contributed by atoms with Gasteiger partial charge in [-0.2, -0.15) is 4.98 Å². The average molecular weight is 452 g/mol. The van der Waals surface area contributed by atoms with Gasteiger partial charge in [0.25, 0.3) is 0 Å². The van der Waals surface area contributed by atoms with E-state index in [4.69, 9.17) is 4.74 Å². The highest BCUT2D eigenvalue weighted by atomic mass is 16.5. The first-order valence-corrected chi connectivity index (χ1v) is 11.1. The summed E-state index contributed by atoms with van der Waals surface area (Å²) in [6.07, 6.45) is 3.68. The lowest BCUT2D eigenvalue weighted by Gasteiger charge is -2.23. The van der Waals surface area contributed by atoms with E-state index in [0.717, 1.165) is 39.9 Å². The summed E-state index contributed by atoms with van der Waals surface area (Å²) in [4.78, 5) is 9.11. The molecule has 0 aliphatic rings. The van der Waals surface area contributed by atoms with Gasteiger partial charge < -0.3 is 20.7 Å². The molecule has 1 heterocycles. The van der Waals surface area contributed by atoms with Gasteiger partial charge in [0.1, 0.15) is 17.3 Å². The molecule has 0 amide bonds. The van der Waals surface area contributed by atoms with Gasteiger partial charge in [0.2, 0.25) is 5.95 Å². The second-order valence-electron chi connectivity index (χ2n) is 8.55. The maximum absolute atomic E-state index is 5.87. The van der Waals surface area contributed by atoms with Gasteiger partial charge in [-0.05, 0) is 75.4 Å². The largest absolute Gasteiger partial charge is 0.457 e. The van der Waals surface area contributed by atoms with Crippen LogP contribution in [0.25, 0.3) is 0 Å². The van der Waals surface area contributed by atoms with E-state index in [1.165, 1.54) is 0 Å². The molecule has 0 aliphatic heterocycles. The Kier molecular flexibility index (Phi) is 6.78. The summed E-state index contributed by atoms with van der Waals surface area (Å²) >= 11 is 0. The van der Waals surface area contributed by atoms with Crippen LogP contribution in [-0.2, 0) is 0 Å². The second-order valence-corrected chi connectivity index (χ2v) is 8.55. The fourth-order valence-electron chi connectivity index (χ4n) is 3.22. The molecule has 3 N–H and O–H groups in total. The van der Waals surface area contributed by atoms with E-state index in [-0.39, 0.29) is 5.54 Å². The molecule has 6 heteroatoms. The molecule has 4 rings (SSSR count). The Morgan fingerprint density at radius 2 is 1.53 bits per heavy atom. The lowest BCUT2D eigenvalue weighted by molar-refractivity contribution is 0.483. The van der Waals surface area contributed by atoms with Crippen LogP contribution >= 0.6 is 0 Å². The van der Waals surface area contributed by atoms with Crippen molar-refractivity contribution in [3.05, 3.63) is 103 Å². The topological polar surface area (TPSA) is 71.1 Å². The highest BCUT2D eigenvalue weighted by Gasteiger charge is 2.12. The minimum absolute atomic E-state index is 0.211. The number of rotatable bonds is 9. The zero-order chi connectivity index (χ0) is 24.0. The molecule has 0 bridgehead atoms. The molecule has 0 saturated heterocycles. The van der Waals surface area contributed by atoms with Gasteiger partial charge >= 0.3 is 0 Å². The van der Waals surface area contributed by atoms with E-state index in [2.05, 4.69) is 46.3 Å². The molecule has 3 aromatic carbocycles. The zero-order valence-corrected chi connectivity index (χ0v) is 19.7. The molecule has 34 heavy (non-hydrogen) atoms. The summed E-state index contributed by atoms with van der Waals surface area (Å²) in [7, 11) is 0. The quantitative estimate of drug-likeness (QED) is 0.230. The van der Waals surface area contributed by atoms with Crippen molar-refractivity contribution in [2.45, 2.75) is 26.3 Å². The van der Waals surface area contributed by atoms with Crippen LogP contribution in [0.1, 0.15) is 19.4 Å². The van der Waals surface area contributed by atoms with Crippen molar-refractivity contribution in [3.63, 3.8) is 0 Å². The number of para-hydroxylation sites is 1. The van der Waals surface area contributed by atoms with Gasteiger partial charge in [0.15, 0.2) is 0 Å². The number of hydrogen-bond donors (Lipinski definition) is 3. The number of nitrogens with zero attached hydrogens (tertiary/aromatic N) is 2. The van der Waals surface area contributed by atoms with Crippen LogP contribution in [0.15, 0.2) is 97.7 Å². The molecule has 0 fully saturated rings. The smallest absolute Gasteiger partial charge is 0.229 e. The monoisotopic (exact) mass is 451 g/mol. The SMILES string of the molecule is C=CC(C)(C)Nc1cccc(Nc2ncc(C)c(Nc3ccc(Oc4ccccc4)cc3)n2)c1. The van der Waals surface area contributed by atoms with Gasteiger partial charge in [-0.25, -0.2) is 4.98 Å². The van der Waals surface area contributed by atoms with E-state index in [1.54, 1.807) is 6.20 Å². The van der Waals surface area contributed by atoms with Crippen LogP contribution in [0.2, 0.25) is 0 Å². The summed E-state index contributed by atoms with van der Waals surface area (Å²) in [5.41, 5.74) is 3.52. The van der Waals surface area contributed by atoms with E-state index in [1.807, 2.05) is 91.9 Å². The Morgan fingerprint density at radius 3 is 2.26 bits per heavy atom. The first-order chi connectivity index (χ1) is 16.4. The van der Waals surface area contributed by atoms with Gasteiger partial charge in [-0.15, -0.1) is 6.58 Å². The molecule has 0 radical (unpaired) electrons. The molecule has 0 aliphatic carbocycles. The minimum Gasteiger partial charge on any atom is -0.457 e. The summed E-state index contributed by atoms with van der Waals surface area (Å²) in [6.45, 7) is 10.00. The van der Waals surface area contributed by atoms with E-state index < -0.39 is 0 Å². The number of hydrogen-bond acceptors (Lipinski definition) is 6. The fraction of sp³-hybridized carbons (Fsp3) is 0.143. The van der Waals surface area contributed by atoms with Crippen molar-refractivity contribution in [2.75, 3.05) is 16.0 Å². The van der Waals surface area contributed by atoms with Crippen LogP contribution in [0.4, 0.5) is 28.8 Å². The molecule has 4 aromatic rings. The second kappa shape index (κ2) is 10.1. The summed E-state index contributed by atoms with van der Waals surface area (Å²) < 4.78 is 5.87. The number of aromatic nitrogens is 2. The van der Waals surface area contributed by atoms with Crippen molar-refractivity contribution in [3.8, 4) is 11.5 Å². The number of aryl methyl sites for hydroxylation is 1. The van der Waals surface area contributed by atoms with E-state index in [0.29, 0.717) is 5.95 Å². The van der Waals surface area contributed by atoms with Crippen molar-refractivity contribution in [1.82, 2.24) is 9.97 Å². The summed E-state index contributed by atoms with van der Waals surface area (Å²) in [6, 6.07) is 25.5. The third kappa shape index (κ3) is 6.13. The summed E-state index contributed by atoms with van der Waals surface area (Å²) in [5.74, 6) is 2.82. The fourth-order valence-corrected chi connectivity index (χ4v) is 3.22. The Bertz CT molecular complexity index is 1250. The Hall–Kier alpha value is -4.32.